The van der Waals surface area contributed by atoms with Crippen LogP contribution < -0.4 is 15.8 Å². The van der Waals surface area contributed by atoms with Gasteiger partial charge in [0.1, 0.15) is 11.7 Å². The first-order chi connectivity index (χ1) is 16.4. The normalized spacial score (nSPS) is 11.6. The Bertz CT molecular complexity index is 1130. The molecular weight excluding hydrogens is 442 g/mol. The molecule has 3 rings (SSSR count). The highest BCUT2D eigenvalue weighted by molar-refractivity contribution is 5.94. The van der Waals surface area contributed by atoms with Crippen LogP contribution in [0.15, 0.2) is 60.8 Å². The number of hydrogen-bond donors (Lipinski definition) is 3. The van der Waals surface area contributed by atoms with Gasteiger partial charge in [0.05, 0.1) is 12.2 Å². The van der Waals surface area contributed by atoms with Gasteiger partial charge in [-0.1, -0.05) is 30.3 Å². The molecule has 0 aliphatic heterocycles. The number of carbonyl (C=O) groups is 1. The van der Waals surface area contributed by atoms with Crippen molar-refractivity contribution in [3.05, 3.63) is 94.8 Å². The second-order valence-corrected chi connectivity index (χ2v) is 7.36. The first-order valence-electron chi connectivity index (χ1n) is 10.7. The lowest BCUT2D eigenvalue weighted by molar-refractivity contribution is -0.133. The number of nitrogens with two attached hydrogens (primary N) is 1. The maximum Gasteiger partial charge on any atom is 0.254 e. The molecule has 1 amide bonds. The van der Waals surface area contributed by atoms with Gasteiger partial charge < -0.3 is 20.5 Å². The molecule has 4 N–H and O–H groups in total. The van der Waals surface area contributed by atoms with Crippen molar-refractivity contribution in [3.63, 3.8) is 0 Å². The number of pyridine rings is 1. The minimum absolute atomic E-state index is 0.0645. The Morgan fingerprint density at radius 3 is 2.56 bits per heavy atom. The van der Waals surface area contributed by atoms with E-state index in [1.807, 2.05) is 12.1 Å². The highest BCUT2D eigenvalue weighted by atomic mass is 19.1. The van der Waals surface area contributed by atoms with Crippen molar-refractivity contribution < 1.29 is 23.0 Å². The molecule has 0 bridgehead atoms. The highest BCUT2D eigenvalue weighted by Gasteiger charge is 2.29. The molecule has 1 unspecified atom stereocenters. The van der Waals surface area contributed by atoms with E-state index in [1.54, 1.807) is 43.5 Å². The number of nitrogen functional groups attached to an aromatic ring is 1. The van der Waals surface area contributed by atoms with E-state index in [0.717, 1.165) is 17.3 Å². The largest absolute Gasteiger partial charge is 0.490 e. The zero-order valence-corrected chi connectivity index (χ0v) is 18.7. The van der Waals surface area contributed by atoms with E-state index in [1.165, 1.54) is 6.07 Å². The summed E-state index contributed by atoms with van der Waals surface area (Å²) < 4.78 is 40.8. The zero-order chi connectivity index (χ0) is 24.5. The average molecular weight is 469 g/mol. The Balaban J connectivity index is 1.72. The van der Waals surface area contributed by atoms with Gasteiger partial charge in [-0.15, -0.1) is 0 Å². The fourth-order valence-electron chi connectivity index (χ4n) is 3.25. The molecule has 0 radical (unpaired) electrons. The summed E-state index contributed by atoms with van der Waals surface area (Å²) in [5, 5.41) is 10.1. The second kappa shape index (κ2) is 11.9. The van der Waals surface area contributed by atoms with Gasteiger partial charge in [0.15, 0.2) is 17.7 Å². The molecule has 7 nitrogen and oxygen atoms in total. The van der Waals surface area contributed by atoms with Crippen LogP contribution in [0.1, 0.15) is 35.4 Å². The Kier molecular flexibility index (Phi) is 8.64. The predicted molar refractivity (Wildman–Crippen MR) is 123 cm³/mol. The summed E-state index contributed by atoms with van der Waals surface area (Å²) in [7, 11) is 0. The lowest BCUT2D eigenvalue weighted by atomic mass is 10.1. The van der Waals surface area contributed by atoms with Crippen LogP contribution in [0.5, 0.6) is 5.75 Å². The monoisotopic (exact) mass is 468 g/mol. The van der Waals surface area contributed by atoms with Crippen molar-refractivity contribution in [1.29, 1.82) is 5.41 Å². The van der Waals surface area contributed by atoms with Crippen molar-refractivity contribution in [3.8, 4) is 5.75 Å². The molecule has 0 saturated carbocycles. The van der Waals surface area contributed by atoms with Crippen LogP contribution in [0.2, 0.25) is 0 Å². The summed E-state index contributed by atoms with van der Waals surface area (Å²) in [6.45, 7) is 1.92. The highest BCUT2D eigenvalue weighted by Crippen LogP contribution is 2.30. The molecule has 9 heteroatoms. The van der Waals surface area contributed by atoms with Crippen molar-refractivity contribution >= 4 is 11.7 Å². The van der Waals surface area contributed by atoms with Crippen LogP contribution in [0.4, 0.5) is 8.78 Å². The average Bonchev–Trinajstić information content (AvgIpc) is 2.84. The minimum atomic E-state index is -1.50. The van der Waals surface area contributed by atoms with E-state index in [0.29, 0.717) is 12.0 Å². The first kappa shape index (κ1) is 24.8. The van der Waals surface area contributed by atoms with Crippen molar-refractivity contribution in [1.82, 2.24) is 10.3 Å². The number of rotatable bonds is 11. The minimum Gasteiger partial charge on any atom is -0.490 e. The molecule has 1 heterocycles. The van der Waals surface area contributed by atoms with Crippen LogP contribution in [0.25, 0.3) is 0 Å². The summed E-state index contributed by atoms with van der Waals surface area (Å²) in [4.78, 5) is 17.0. The fourth-order valence-corrected chi connectivity index (χ4v) is 3.25. The summed E-state index contributed by atoms with van der Waals surface area (Å²) in [5.41, 5.74) is 6.97. The van der Waals surface area contributed by atoms with E-state index < -0.39 is 29.2 Å². The van der Waals surface area contributed by atoms with Crippen LogP contribution in [0, 0.1) is 17.0 Å². The van der Waals surface area contributed by atoms with Gasteiger partial charge in [-0.05, 0) is 36.8 Å². The third-order valence-electron chi connectivity index (χ3n) is 5.00. The maximum absolute atomic E-state index is 15.2. The smallest absolute Gasteiger partial charge is 0.254 e. The molecule has 0 fully saturated rings. The number of aromatic nitrogens is 1. The number of nitrogens with zero attached hydrogens (tertiary/aromatic N) is 1. The number of halogens is 2. The van der Waals surface area contributed by atoms with E-state index in [4.69, 9.17) is 20.6 Å². The van der Waals surface area contributed by atoms with E-state index >= 15 is 4.39 Å². The van der Waals surface area contributed by atoms with E-state index in [2.05, 4.69) is 10.3 Å². The van der Waals surface area contributed by atoms with Crippen molar-refractivity contribution in [2.24, 2.45) is 5.73 Å². The van der Waals surface area contributed by atoms with Gasteiger partial charge in [0.25, 0.3) is 5.91 Å². The number of benzene rings is 2. The molecule has 178 valence electrons. The van der Waals surface area contributed by atoms with Crippen LogP contribution in [-0.2, 0) is 22.5 Å². The first-order valence-corrected chi connectivity index (χ1v) is 10.7. The zero-order valence-electron chi connectivity index (χ0n) is 18.7. The van der Waals surface area contributed by atoms with Gasteiger partial charge in [-0.2, -0.15) is 0 Å². The molecule has 0 aliphatic rings. The number of ether oxygens (including phenoxy) is 2. The lowest BCUT2D eigenvalue weighted by Crippen LogP contribution is -2.32. The van der Waals surface area contributed by atoms with Crippen molar-refractivity contribution in [2.45, 2.75) is 26.0 Å². The van der Waals surface area contributed by atoms with Crippen LogP contribution in [0.3, 0.4) is 0 Å². The molecule has 0 saturated heterocycles. The third kappa shape index (κ3) is 6.35. The number of nitrogens with one attached hydrogen (secondary N) is 2. The van der Waals surface area contributed by atoms with E-state index in [9.17, 15) is 9.18 Å². The molecule has 1 atom stereocenters. The lowest BCUT2D eigenvalue weighted by Gasteiger charge is -2.20. The summed E-state index contributed by atoms with van der Waals surface area (Å²) in [6, 6.07) is 14.4. The predicted octanol–water partition coefficient (Wildman–Crippen LogP) is 3.66. The number of amidine groups is 1. The Morgan fingerprint density at radius 1 is 1.15 bits per heavy atom. The fraction of sp³-hybridized carbons (Fsp3) is 0.240. The second-order valence-electron chi connectivity index (χ2n) is 7.36. The quantitative estimate of drug-likeness (QED) is 0.294. The van der Waals surface area contributed by atoms with E-state index in [-0.39, 0.29) is 31.3 Å². The molecule has 2 aromatic carbocycles. The van der Waals surface area contributed by atoms with Gasteiger partial charge in [0.2, 0.25) is 0 Å². The summed E-state index contributed by atoms with van der Waals surface area (Å²) >= 11 is 0. The maximum atomic E-state index is 15.2. The van der Waals surface area contributed by atoms with Crippen LogP contribution in [-0.4, -0.2) is 29.9 Å². The number of hydrogen-bond acceptors (Lipinski definition) is 5. The Hall–Kier alpha value is -3.85. The Labute approximate surface area is 196 Å². The summed E-state index contributed by atoms with van der Waals surface area (Å²) in [5.74, 6) is -2.83. The van der Waals surface area contributed by atoms with Crippen molar-refractivity contribution in [2.75, 3.05) is 13.2 Å². The molecular formula is C25H26F2N4O3. The summed E-state index contributed by atoms with van der Waals surface area (Å²) in [6.07, 6.45) is 0.584. The number of carbonyl (C=O) groups excluding carboxylic acids is 1. The van der Waals surface area contributed by atoms with Gasteiger partial charge in [0, 0.05) is 37.0 Å². The third-order valence-corrected chi connectivity index (χ3v) is 5.00. The topological polar surface area (TPSA) is 110 Å². The van der Waals surface area contributed by atoms with Gasteiger partial charge >= 0.3 is 0 Å². The van der Waals surface area contributed by atoms with Gasteiger partial charge in [-0.25, -0.2) is 8.78 Å². The molecule has 0 spiro atoms. The standard InChI is InChI=1S/C25H26F2N4O3/c1-2-33-23(25(32)31-15-16-6-8-17(9-7-16)24(28)29)21-19(26)10-11-20(22(21)27)34-14-12-18-5-3-4-13-30-18/h3-11,13,23H,2,12,14-15H2,1H3,(H3,28,29)(H,31,32). The SMILES string of the molecule is CCOC(C(=O)NCc1ccc(C(=N)N)cc1)c1c(F)ccc(OCCc2ccccn2)c1F. The van der Waals surface area contributed by atoms with Gasteiger partial charge in [-0.3, -0.25) is 15.2 Å². The Morgan fingerprint density at radius 2 is 1.91 bits per heavy atom. The molecule has 34 heavy (non-hydrogen) atoms. The molecule has 3 aromatic rings. The molecule has 1 aromatic heterocycles. The van der Waals surface area contributed by atoms with Crippen LogP contribution >= 0.6 is 0 Å². The number of amides is 1. The molecule has 0 aliphatic carbocycles.